The van der Waals surface area contributed by atoms with Crippen LogP contribution in [0.4, 0.5) is 20.2 Å². The summed E-state index contributed by atoms with van der Waals surface area (Å²) in [5.74, 6) is -2.01. The number of nitrogens with zero attached hydrogens (tertiary/aromatic N) is 1. The first-order valence-corrected chi connectivity index (χ1v) is 9.32. The number of benzene rings is 3. The van der Waals surface area contributed by atoms with E-state index in [-0.39, 0.29) is 16.8 Å². The van der Waals surface area contributed by atoms with Crippen LogP contribution >= 0.6 is 0 Å². The molecule has 0 aliphatic carbocycles. The molecule has 1 aromatic heterocycles. The minimum Gasteiger partial charge on any atom is -0.438 e. The van der Waals surface area contributed by atoms with Crippen LogP contribution in [0.2, 0.25) is 0 Å². The maximum atomic E-state index is 14.1. The van der Waals surface area contributed by atoms with Crippen LogP contribution in [0.15, 0.2) is 76.1 Å². The number of halogens is 2. The minimum absolute atomic E-state index is 0.0681. The highest BCUT2D eigenvalue weighted by Crippen LogP contribution is 2.21. The van der Waals surface area contributed by atoms with E-state index in [2.05, 4.69) is 10.3 Å². The zero-order chi connectivity index (χ0) is 21.3. The van der Waals surface area contributed by atoms with Gasteiger partial charge in [0.15, 0.2) is 5.82 Å². The van der Waals surface area contributed by atoms with Gasteiger partial charge < -0.3 is 9.73 Å². The number of carbonyl (C=O) groups excluding carboxylic acids is 1. The number of hydrogen-bond acceptors (Lipinski definition) is 3. The predicted molar refractivity (Wildman–Crippen MR) is 112 cm³/mol. The quantitative estimate of drug-likeness (QED) is 0.468. The van der Waals surface area contributed by atoms with E-state index >= 15 is 0 Å². The van der Waals surface area contributed by atoms with Gasteiger partial charge in [0.25, 0.3) is 5.91 Å². The molecule has 4 rings (SSSR count). The molecule has 1 heterocycles. The Kier molecular flexibility index (Phi) is 5.14. The van der Waals surface area contributed by atoms with Crippen molar-refractivity contribution in [2.45, 2.75) is 13.8 Å². The Labute approximate surface area is 171 Å². The van der Waals surface area contributed by atoms with Gasteiger partial charge in [0.05, 0.1) is 0 Å². The van der Waals surface area contributed by atoms with Gasteiger partial charge in [-0.15, -0.1) is 0 Å². The number of amides is 1. The number of anilines is 1. The molecule has 0 unspecified atom stereocenters. The Morgan fingerprint density at radius 3 is 2.53 bits per heavy atom. The van der Waals surface area contributed by atoms with E-state index in [4.69, 9.17) is 4.42 Å². The smallest absolute Gasteiger partial charge is 0.261 e. The second kappa shape index (κ2) is 7.91. The molecule has 4 aromatic rings. The lowest BCUT2D eigenvalue weighted by atomic mass is 10.1. The van der Waals surface area contributed by atoms with E-state index in [1.807, 2.05) is 38.1 Å². The molecular formula is C24H18F2N2O2. The van der Waals surface area contributed by atoms with Gasteiger partial charge in [0.2, 0.25) is 5.55 Å². The van der Waals surface area contributed by atoms with Gasteiger partial charge in [-0.1, -0.05) is 35.9 Å². The lowest BCUT2D eigenvalue weighted by molar-refractivity contribution is 0.102. The molecule has 0 saturated carbocycles. The summed E-state index contributed by atoms with van der Waals surface area (Å²) < 4.78 is 33.2. The summed E-state index contributed by atoms with van der Waals surface area (Å²) in [5.41, 5.74) is 3.06. The van der Waals surface area contributed by atoms with Crippen LogP contribution in [-0.2, 0) is 0 Å². The number of nitrogens with one attached hydrogen (secondary N) is 1. The molecule has 0 fully saturated rings. The summed E-state index contributed by atoms with van der Waals surface area (Å²) in [6.07, 6.45) is 0. The van der Waals surface area contributed by atoms with Crippen molar-refractivity contribution in [3.05, 3.63) is 101 Å². The minimum atomic E-state index is -0.848. The molecule has 1 amide bonds. The molecule has 30 heavy (non-hydrogen) atoms. The first-order valence-electron chi connectivity index (χ1n) is 9.32. The summed E-state index contributed by atoms with van der Waals surface area (Å²) in [7, 11) is 0. The Morgan fingerprint density at radius 2 is 1.77 bits per heavy atom. The lowest BCUT2D eigenvalue weighted by Crippen LogP contribution is -2.22. The Bertz CT molecular complexity index is 1340. The second-order valence-electron chi connectivity index (χ2n) is 6.98. The van der Waals surface area contributed by atoms with Crippen molar-refractivity contribution in [1.29, 1.82) is 0 Å². The molecule has 0 aliphatic heterocycles. The van der Waals surface area contributed by atoms with Gasteiger partial charge in [-0.05, 0) is 49.7 Å². The third-order valence-corrected chi connectivity index (χ3v) is 4.66. The highest BCUT2D eigenvalue weighted by atomic mass is 19.1. The van der Waals surface area contributed by atoms with Gasteiger partial charge >= 0.3 is 0 Å². The van der Waals surface area contributed by atoms with Crippen molar-refractivity contribution in [3.63, 3.8) is 0 Å². The largest absolute Gasteiger partial charge is 0.438 e. The highest BCUT2D eigenvalue weighted by molar-refractivity contribution is 6.05. The SMILES string of the molecule is Cc1ccc(NC(=O)c2cc3ccccc3oc2=Nc2ccc(F)cc2F)c(C)c1. The summed E-state index contributed by atoms with van der Waals surface area (Å²) in [6.45, 7) is 3.86. The van der Waals surface area contributed by atoms with E-state index < -0.39 is 17.5 Å². The molecule has 6 heteroatoms. The standard InChI is InChI=1S/C24H18F2N2O2/c1-14-7-9-20(15(2)11-14)27-23(29)18-12-16-5-3-4-6-22(16)30-24(18)28-21-10-8-17(25)13-19(21)26/h3-13H,1-2H3,(H,27,29). The molecule has 0 atom stereocenters. The first kappa shape index (κ1) is 19.5. The van der Waals surface area contributed by atoms with Gasteiger partial charge in [-0.3, -0.25) is 4.79 Å². The van der Waals surface area contributed by atoms with E-state index in [1.165, 1.54) is 6.07 Å². The summed E-state index contributed by atoms with van der Waals surface area (Å²) in [5, 5.41) is 3.55. The Hall–Kier alpha value is -3.80. The fourth-order valence-corrected chi connectivity index (χ4v) is 3.14. The summed E-state index contributed by atoms with van der Waals surface area (Å²) in [4.78, 5) is 17.2. The van der Waals surface area contributed by atoms with Gasteiger partial charge in [-0.2, -0.15) is 0 Å². The van der Waals surface area contributed by atoms with Crippen molar-refractivity contribution in [2.75, 3.05) is 5.32 Å². The van der Waals surface area contributed by atoms with Crippen molar-refractivity contribution < 1.29 is 18.0 Å². The van der Waals surface area contributed by atoms with Crippen LogP contribution in [0, 0.1) is 25.5 Å². The fourth-order valence-electron chi connectivity index (χ4n) is 3.14. The first-order chi connectivity index (χ1) is 14.4. The number of aryl methyl sites for hydroxylation is 2. The number of carbonyl (C=O) groups is 1. The van der Waals surface area contributed by atoms with Gasteiger partial charge in [0.1, 0.15) is 22.7 Å². The lowest BCUT2D eigenvalue weighted by Gasteiger charge is -2.10. The maximum Gasteiger partial charge on any atom is 0.261 e. The van der Waals surface area contributed by atoms with E-state index in [1.54, 1.807) is 24.3 Å². The normalized spacial score (nSPS) is 11.7. The highest BCUT2D eigenvalue weighted by Gasteiger charge is 2.15. The number of hydrogen-bond donors (Lipinski definition) is 1. The van der Waals surface area contributed by atoms with Crippen molar-refractivity contribution in [2.24, 2.45) is 4.99 Å². The second-order valence-corrected chi connectivity index (χ2v) is 6.98. The molecule has 4 nitrogen and oxygen atoms in total. The van der Waals surface area contributed by atoms with Crippen LogP contribution < -0.4 is 10.9 Å². The summed E-state index contributed by atoms with van der Waals surface area (Å²) >= 11 is 0. The van der Waals surface area contributed by atoms with E-state index in [9.17, 15) is 13.6 Å². The third-order valence-electron chi connectivity index (χ3n) is 4.66. The molecule has 0 aliphatic rings. The average molecular weight is 404 g/mol. The van der Waals surface area contributed by atoms with Gasteiger partial charge in [-0.25, -0.2) is 13.8 Å². The molecule has 0 bridgehead atoms. The number of fused-ring (bicyclic) bond motifs is 1. The maximum absolute atomic E-state index is 14.1. The summed E-state index contributed by atoms with van der Waals surface area (Å²) in [6, 6.07) is 17.5. The van der Waals surface area contributed by atoms with Crippen LogP contribution in [0.3, 0.4) is 0 Å². The van der Waals surface area contributed by atoms with Crippen LogP contribution in [0.25, 0.3) is 11.0 Å². The van der Waals surface area contributed by atoms with Crippen molar-refractivity contribution in [3.8, 4) is 0 Å². The Morgan fingerprint density at radius 1 is 0.967 bits per heavy atom. The number of para-hydroxylation sites is 1. The zero-order valence-corrected chi connectivity index (χ0v) is 16.4. The molecule has 0 spiro atoms. The zero-order valence-electron chi connectivity index (χ0n) is 16.4. The molecular weight excluding hydrogens is 386 g/mol. The fraction of sp³-hybridized carbons (Fsp3) is 0.0833. The predicted octanol–water partition coefficient (Wildman–Crippen LogP) is 5.81. The van der Waals surface area contributed by atoms with Crippen molar-refractivity contribution in [1.82, 2.24) is 0 Å². The topological polar surface area (TPSA) is 54.6 Å². The third kappa shape index (κ3) is 3.98. The van der Waals surface area contributed by atoms with E-state index in [0.29, 0.717) is 16.7 Å². The Balaban J connectivity index is 1.86. The average Bonchev–Trinajstić information content (AvgIpc) is 2.71. The van der Waals surface area contributed by atoms with E-state index in [0.717, 1.165) is 23.3 Å². The molecule has 0 radical (unpaired) electrons. The van der Waals surface area contributed by atoms with Crippen LogP contribution in [0.1, 0.15) is 21.5 Å². The molecule has 1 N–H and O–H groups in total. The molecule has 3 aromatic carbocycles. The molecule has 150 valence electrons. The monoisotopic (exact) mass is 404 g/mol. The van der Waals surface area contributed by atoms with Crippen LogP contribution in [-0.4, -0.2) is 5.91 Å². The molecule has 0 saturated heterocycles. The number of rotatable bonds is 3. The van der Waals surface area contributed by atoms with Crippen molar-refractivity contribution >= 4 is 28.3 Å². The van der Waals surface area contributed by atoms with Gasteiger partial charge in [0, 0.05) is 17.1 Å². The van der Waals surface area contributed by atoms with Crippen LogP contribution in [0.5, 0.6) is 0 Å².